The van der Waals surface area contributed by atoms with Crippen LogP contribution in [0, 0.1) is 0 Å². The van der Waals surface area contributed by atoms with Gasteiger partial charge in [-0.2, -0.15) is 13.2 Å². The van der Waals surface area contributed by atoms with E-state index >= 15 is 0 Å². The van der Waals surface area contributed by atoms with E-state index in [2.05, 4.69) is 5.43 Å². The lowest BCUT2D eigenvalue weighted by Gasteiger charge is -2.08. The smallest absolute Gasteiger partial charge is 0.344 e. The normalized spacial score (nSPS) is 11.0. The lowest BCUT2D eigenvalue weighted by Crippen LogP contribution is -2.36. The van der Waals surface area contributed by atoms with E-state index in [1.54, 1.807) is 29.6 Å². The van der Waals surface area contributed by atoms with Crippen LogP contribution < -0.4 is 16.6 Å². The number of anilines is 1. The molecule has 0 bridgehead atoms. The van der Waals surface area contributed by atoms with Crippen molar-refractivity contribution in [2.24, 2.45) is 5.84 Å². The summed E-state index contributed by atoms with van der Waals surface area (Å²) in [6.07, 6.45) is -4.85. The summed E-state index contributed by atoms with van der Waals surface area (Å²) in [6.45, 7) is -0.177. The number of hydrogen-bond donors (Lipinski definition) is 3. The second kappa shape index (κ2) is 4.84. The van der Waals surface area contributed by atoms with E-state index < -0.39 is 12.1 Å². The average molecular weight is 233 g/mol. The third-order valence-electron chi connectivity index (χ3n) is 1.83. The molecular formula is C9H10F3N3O. The minimum atomic E-state index is -4.85. The van der Waals surface area contributed by atoms with E-state index in [4.69, 9.17) is 5.84 Å². The van der Waals surface area contributed by atoms with Crippen LogP contribution in [0.2, 0.25) is 0 Å². The highest BCUT2D eigenvalue weighted by atomic mass is 19.4. The van der Waals surface area contributed by atoms with Gasteiger partial charge in [0.15, 0.2) is 0 Å². The molecule has 0 aliphatic carbocycles. The van der Waals surface area contributed by atoms with Crippen LogP contribution in [0.25, 0.3) is 0 Å². The van der Waals surface area contributed by atoms with Gasteiger partial charge in [-0.05, 0) is 17.7 Å². The number of rotatable bonds is 3. The molecule has 4 nitrogen and oxygen atoms in total. The molecule has 0 radical (unpaired) electrons. The third kappa shape index (κ3) is 3.43. The molecule has 0 spiro atoms. The van der Waals surface area contributed by atoms with Crippen molar-refractivity contribution in [1.82, 2.24) is 5.32 Å². The maximum atomic E-state index is 11.8. The molecule has 0 unspecified atom stereocenters. The highest BCUT2D eigenvalue weighted by molar-refractivity contribution is 5.81. The highest BCUT2D eigenvalue weighted by Gasteiger charge is 2.38. The number of hydrogen-bond acceptors (Lipinski definition) is 3. The molecule has 1 amide bonds. The number of alkyl halides is 3. The Balaban J connectivity index is 2.52. The predicted octanol–water partition coefficient (Wildman–Crippen LogP) is 1.15. The van der Waals surface area contributed by atoms with Crippen molar-refractivity contribution in [3.63, 3.8) is 0 Å². The molecule has 0 aromatic heterocycles. The Bertz CT molecular complexity index is 361. The van der Waals surface area contributed by atoms with Crippen LogP contribution in [0.3, 0.4) is 0 Å². The van der Waals surface area contributed by atoms with Crippen LogP contribution in [0.4, 0.5) is 18.9 Å². The monoisotopic (exact) mass is 233 g/mol. The number of amides is 1. The van der Waals surface area contributed by atoms with Gasteiger partial charge in [-0.25, -0.2) is 0 Å². The van der Waals surface area contributed by atoms with Crippen LogP contribution in [0.5, 0.6) is 0 Å². The minimum Gasteiger partial charge on any atom is -0.344 e. The molecule has 0 heterocycles. The Kier molecular flexibility index (Phi) is 3.73. The van der Waals surface area contributed by atoms with Crippen LogP contribution in [-0.4, -0.2) is 12.1 Å². The Morgan fingerprint density at radius 1 is 1.25 bits per heavy atom. The third-order valence-corrected chi connectivity index (χ3v) is 1.83. The van der Waals surface area contributed by atoms with Crippen LogP contribution >= 0.6 is 0 Å². The number of carbonyl (C=O) groups excluding carboxylic acids is 1. The number of hydrazine groups is 1. The maximum Gasteiger partial charge on any atom is 0.471 e. The van der Waals surface area contributed by atoms with E-state index in [0.717, 1.165) is 0 Å². The Labute approximate surface area is 89.6 Å². The quantitative estimate of drug-likeness (QED) is 0.542. The fourth-order valence-electron chi connectivity index (χ4n) is 1.00. The zero-order chi connectivity index (χ0) is 12.2. The topological polar surface area (TPSA) is 67.2 Å². The summed E-state index contributed by atoms with van der Waals surface area (Å²) < 4.78 is 35.5. The van der Waals surface area contributed by atoms with Crippen LogP contribution in [0.1, 0.15) is 5.56 Å². The maximum absolute atomic E-state index is 11.8. The van der Waals surface area contributed by atoms with Crippen molar-refractivity contribution in [2.45, 2.75) is 12.7 Å². The Morgan fingerprint density at radius 2 is 1.81 bits per heavy atom. The summed E-state index contributed by atoms with van der Waals surface area (Å²) in [5, 5.41) is 1.76. The number of nitrogen functional groups attached to an aromatic ring is 1. The molecule has 4 N–H and O–H groups in total. The van der Waals surface area contributed by atoms with Gasteiger partial charge in [-0.15, -0.1) is 0 Å². The van der Waals surface area contributed by atoms with Gasteiger partial charge in [0.1, 0.15) is 0 Å². The van der Waals surface area contributed by atoms with Crippen molar-refractivity contribution in [3.8, 4) is 0 Å². The lowest BCUT2D eigenvalue weighted by molar-refractivity contribution is -0.173. The summed E-state index contributed by atoms with van der Waals surface area (Å²) in [5.74, 6) is 3.16. The first-order chi connectivity index (χ1) is 7.43. The minimum absolute atomic E-state index is 0.177. The molecular weight excluding hydrogens is 223 g/mol. The summed E-state index contributed by atoms with van der Waals surface area (Å²) in [4.78, 5) is 10.5. The fourth-order valence-corrected chi connectivity index (χ4v) is 1.00. The summed E-state index contributed by atoms with van der Waals surface area (Å²) in [5.41, 5.74) is 3.56. The predicted molar refractivity (Wildman–Crippen MR) is 52.2 cm³/mol. The molecule has 0 aliphatic heterocycles. The summed E-state index contributed by atoms with van der Waals surface area (Å²) in [7, 11) is 0. The molecule has 1 aromatic rings. The number of benzene rings is 1. The molecule has 88 valence electrons. The van der Waals surface area contributed by atoms with Gasteiger partial charge in [0.25, 0.3) is 0 Å². The van der Waals surface area contributed by atoms with Gasteiger partial charge in [-0.1, -0.05) is 12.1 Å². The first-order valence-electron chi connectivity index (χ1n) is 4.34. The van der Waals surface area contributed by atoms with Gasteiger partial charge in [0.2, 0.25) is 0 Å². The molecule has 1 aromatic carbocycles. The zero-order valence-electron chi connectivity index (χ0n) is 8.14. The van der Waals surface area contributed by atoms with Crippen LogP contribution in [-0.2, 0) is 11.3 Å². The molecule has 0 atom stereocenters. The van der Waals surface area contributed by atoms with E-state index in [1.165, 1.54) is 0 Å². The molecule has 0 saturated heterocycles. The van der Waals surface area contributed by atoms with Crippen molar-refractivity contribution in [3.05, 3.63) is 29.8 Å². The van der Waals surface area contributed by atoms with Gasteiger partial charge in [0, 0.05) is 12.2 Å². The molecule has 0 aliphatic rings. The first kappa shape index (κ1) is 12.3. The van der Waals surface area contributed by atoms with E-state index in [1.807, 2.05) is 0 Å². The SMILES string of the molecule is NNc1ccc(CNC(=O)C(F)(F)F)cc1. The molecule has 0 saturated carbocycles. The number of halogens is 3. The average Bonchev–Trinajstić information content (AvgIpc) is 2.25. The lowest BCUT2D eigenvalue weighted by atomic mass is 10.2. The van der Waals surface area contributed by atoms with Crippen molar-refractivity contribution >= 4 is 11.6 Å². The van der Waals surface area contributed by atoms with Crippen molar-refractivity contribution in [2.75, 3.05) is 5.43 Å². The molecule has 0 fully saturated rings. The standard InChI is InChI=1S/C9H10F3N3O/c10-9(11,12)8(16)14-5-6-1-3-7(15-13)4-2-6/h1-4,15H,5,13H2,(H,14,16). The second-order valence-corrected chi connectivity index (χ2v) is 3.02. The van der Waals surface area contributed by atoms with Crippen molar-refractivity contribution < 1.29 is 18.0 Å². The Morgan fingerprint density at radius 3 is 2.25 bits per heavy atom. The zero-order valence-corrected chi connectivity index (χ0v) is 8.14. The first-order valence-corrected chi connectivity index (χ1v) is 4.34. The van der Waals surface area contributed by atoms with E-state index in [9.17, 15) is 18.0 Å². The summed E-state index contributed by atoms with van der Waals surface area (Å²) in [6, 6.07) is 6.31. The van der Waals surface area contributed by atoms with Crippen molar-refractivity contribution in [1.29, 1.82) is 0 Å². The molecule has 7 heteroatoms. The van der Waals surface area contributed by atoms with Gasteiger partial charge in [0.05, 0.1) is 0 Å². The van der Waals surface area contributed by atoms with Gasteiger partial charge < -0.3 is 10.7 Å². The number of nitrogens with one attached hydrogen (secondary N) is 2. The van der Waals surface area contributed by atoms with E-state index in [-0.39, 0.29) is 6.54 Å². The molecule has 16 heavy (non-hydrogen) atoms. The molecule has 1 rings (SSSR count). The Hall–Kier alpha value is -1.76. The number of carbonyl (C=O) groups is 1. The largest absolute Gasteiger partial charge is 0.471 e. The second-order valence-electron chi connectivity index (χ2n) is 3.02. The van der Waals surface area contributed by atoms with E-state index in [0.29, 0.717) is 11.3 Å². The number of nitrogens with two attached hydrogens (primary N) is 1. The fraction of sp³-hybridized carbons (Fsp3) is 0.222. The van der Waals surface area contributed by atoms with Gasteiger partial charge >= 0.3 is 12.1 Å². The van der Waals surface area contributed by atoms with Crippen LogP contribution in [0.15, 0.2) is 24.3 Å². The van der Waals surface area contributed by atoms with Gasteiger partial charge in [-0.3, -0.25) is 10.6 Å². The summed E-state index contributed by atoms with van der Waals surface area (Å²) >= 11 is 0. The highest BCUT2D eigenvalue weighted by Crippen LogP contribution is 2.14.